The molecule has 26 heavy (non-hydrogen) atoms. The van der Waals surface area contributed by atoms with E-state index >= 15 is 0 Å². The Labute approximate surface area is 153 Å². The molecule has 0 saturated carbocycles. The summed E-state index contributed by atoms with van der Waals surface area (Å²) in [4.78, 5) is 6.26. The van der Waals surface area contributed by atoms with Crippen molar-refractivity contribution in [3.05, 3.63) is 77.6 Å². The maximum Gasteiger partial charge on any atom is 0.236 e. The van der Waals surface area contributed by atoms with E-state index in [1.165, 1.54) is 11.3 Å². The van der Waals surface area contributed by atoms with Crippen LogP contribution in [0.1, 0.15) is 17.0 Å². The van der Waals surface area contributed by atoms with Gasteiger partial charge in [0.05, 0.1) is 0 Å². The summed E-state index contributed by atoms with van der Waals surface area (Å²) in [5, 5.41) is 17.2. The molecule has 0 atom stereocenters. The molecule has 0 saturated heterocycles. The first kappa shape index (κ1) is 16.2. The summed E-state index contributed by atoms with van der Waals surface area (Å²) in [5.74, 6) is 0.698. The molecule has 0 radical (unpaired) electrons. The molecule has 7 nitrogen and oxygen atoms in total. The number of hydrogen-bond acceptors (Lipinski definition) is 7. The Balaban J connectivity index is 1.50. The molecule has 0 aliphatic rings. The molecule has 2 N–H and O–H groups in total. The molecule has 130 valence electrons. The van der Waals surface area contributed by atoms with Gasteiger partial charge in [-0.25, -0.2) is 0 Å². The minimum atomic E-state index is 0.362. The minimum absolute atomic E-state index is 0.362. The van der Waals surface area contributed by atoms with E-state index in [9.17, 15) is 0 Å². The second-order valence-corrected chi connectivity index (χ2v) is 6.49. The van der Waals surface area contributed by atoms with E-state index in [0.29, 0.717) is 28.9 Å². The molecule has 0 aliphatic heterocycles. The minimum Gasteiger partial charge on any atom is -0.395 e. The van der Waals surface area contributed by atoms with Crippen LogP contribution >= 0.6 is 11.3 Å². The average molecular weight is 364 g/mol. The first-order chi connectivity index (χ1) is 12.8. The molecule has 2 aromatic carbocycles. The van der Waals surface area contributed by atoms with E-state index in [0.717, 1.165) is 16.8 Å². The third kappa shape index (κ3) is 3.40. The van der Waals surface area contributed by atoms with Crippen LogP contribution in [0.2, 0.25) is 0 Å². The number of hydrogen-bond donors (Lipinski definition) is 1. The highest BCUT2D eigenvalue weighted by Gasteiger charge is 2.11. The smallest absolute Gasteiger partial charge is 0.236 e. The van der Waals surface area contributed by atoms with E-state index in [1.807, 2.05) is 60.7 Å². The number of nitrogen functional groups attached to an aromatic ring is 1. The van der Waals surface area contributed by atoms with Gasteiger partial charge in [-0.05, 0) is 0 Å². The summed E-state index contributed by atoms with van der Waals surface area (Å²) < 4.78 is 1.64. The van der Waals surface area contributed by atoms with Gasteiger partial charge in [0, 0.05) is 17.5 Å². The van der Waals surface area contributed by atoms with Crippen molar-refractivity contribution in [2.24, 2.45) is 5.16 Å². The van der Waals surface area contributed by atoms with Crippen LogP contribution in [-0.4, -0.2) is 32.1 Å². The van der Waals surface area contributed by atoms with Crippen LogP contribution in [0.25, 0.3) is 4.96 Å². The molecular formula is C18H16N6OS. The molecular weight excluding hydrogens is 348 g/mol. The van der Waals surface area contributed by atoms with Crippen LogP contribution in [0.4, 0.5) is 5.13 Å². The molecule has 0 fully saturated rings. The van der Waals surface area contributed by atoms with Gasteiger partial charge in [-0.1, -0.05) is 77.2 Å². The van der Waals surface area contributed by atoms with E-state index in [1.54, 1.807) is 4.52 Å². The van der Waals surface area contributed by atoms with Crippen molar-refractivity contribution in [3.63, 3.8) is 0 Å². The maximum absolute atomic E-state index is 5.69. The van der Waals surface area contributed by atoms with Gasteiger partial charge in [0.1, 0.15) is 12.3 Å². The first-order valence-electron chi connectivity index (χ1n) is 8.08. The summed E-state index contributed by atoms with van der Waals surface area (Å²) in [6, 6.07) is 19.9. The van der Waals surface area contributed by atoms with Gasteiger partial charge in [0.15, 0.2) is 5.82 Å². The molecule has 8 heteroatoms. The standard InChI is InChI=1S/C18H16N6OS/c19-17-22-24-15(20-21-18(24)26-17)11-12-25-23-16(13-7-3-1-4-8-13)14-9-5-2-6-10-14/h1-10H,11-12H2,(H2,19,22). The zero-order valence-corrected chi connectivity index (χ0v) is 14.6. The maximum atomic E-state index is 5.69. The normalized spacial score (nSPS) is 10.8. The number of nitrogens with two attached hydrogens (primary N) is 1. The monoisotopic (exact) mass is 364 g/mol. The quantitative estimate of drug-likeness (QED) is 0.323. The van der Waals surface area contributed by atoms with Crippen LogP contribution in [0.5, 0.6) is 0 Å². The van der Waals surface area contributed by atoms with E-state index in [2.05, 4.69) is 20.5 Å². The van der Waals surface area contributed by atoms with Crippen LogP contribution in [0.15, 0.2) is 65.8 Å². The number of benzene rings is 2. The lowest BCUT2D eigenvalue weighted by Crippen LogP contribution is -2.06. The predicted molar refractivity (Wildman–Crippen MR) is 101 cm³/mol. The zero-order chi connectivity index (χ0) is 17.8. The highest BCUT2D eigenvalue weighted by molar-refractivity contribution is 7.20. The molecule has 2 heterocycles. The third-order valence-electron chi connectivity index (χ3n) is 3.74. The third-order valence-corrected chi connectivity index (χ3v) is 4.47. The van der Waals surface area contributed by atoms with Crippen LogP contribution < -0.4 is 5.73 Å². The molecule has 4 aromatic rings. The number of anilines is 1. The van der Waals surface area contributed by atoms with Gasteiger partial charge < -0.3 is 10.6 Å². The van der Waals surface area contributed by atoms with Crippen molar-refractivity contribution in [2.45, 2.75) is 6.42 Å². The Morgan fingerprint density at radius 1 is 1.00 bits per heavy atom. The summed E-state index contributed by atoms with van der Waals surface area (Å²) in [5.41, 5.74) is 8.47. The van der Waals surface area contributed by atoms with Crippen molar-refractivity contribution in [1.82, 2.24) is 19.8 Å². The van der Waals surface area contributed by atoms with Crippen LogP contribution in [0, 0.1) is 0 Å². The van der Waals surface area contributed by atoms with E-state index in [4.69, 9.17) is 10.6 Å². The van der Waals surface area contributed by atoms with Crippen molar-refractivity contribution < 1.29 is 4.84 Å². The predicted octanol–water partition coefficient (Wildman–Crippen LogP) is 2.78. The van der Waals surface area contributed by atoms with Crippen LogP contribution in [-0.2, 0) is 11.3 Å². The molecule has 4 rings (SSSR count). The average Bonchev–Trinajstić information content (AvgIpc) is 3.23. The summed E-state index contributed by atoms with van der Waals surface area (Å²) in [6.45, 7) is 0.362. The molecule has 0 amide bonds. The van der Waals surface area contributed by atoms with Gasteiger partial charge in [-0.3, -0.25) is 0 Å². The molecule has 0 unspecified atom stereocenters. The SMILES string of the molecule is Nc1nn2c(CCON=C(c3ccccc3)c3ccccc3)nnc2s1. The Morgan fingerprint density at radius 3 is 2.31 bits per heavy atom. The van der Waals surface area contributed by atoms with Crippen molar-refractivity contribution >= 4 is 27.1 Å². The molecule has 0 spiro atoms. The number of aromatic nitrogens is 4. The van der Waals surface area contributed by atoms with Crippen LogP contribution in [0.3, 0.4) is 0 Å². The first-order valence-corrected chi connectivity index (χ1v) is 8.90. The fourth-order valence-electron chi connectivity index (χ4n) is 2.54. The Bertz CT molecular complexity index is 984. The van der Waals surface area contributed by atoms with Gasteiger partial charge >= 0.3 is 0 Å². The second kappa shape index (κ2) is 7.32. The number of rotatable bonds is 6. The molecule has 0 bridgehead atoms. The fraction of sp³-hybridized carbons (Fsp3) is 0.111. The summed E-state index contributed by atoms with van der Waals surface area (Å²) in [7, 11) is 0. The van der Waals surface area contributed by atoms with Gasteiger partial charge in [0.25, 0.3) is 0 Å². The highest BCUT2D eigenvalue weighted by atomic mass is 32.1. The summed E-state index contributed by atoms with van der Waals surface area (Å²) in [6.07, 6.45) is 0.532. The number of oxime groups is 1. The fourth-order valence-corrected chi connectivity index (χ4v) is 3.16. The largest absolute Gasteiger partial charge is 0.395 e. The van der Waals surface area contributed by atoms with E-state index in [-0.39, 0.29) is 0 Å². The number of nitrogens with zero attached hydrogens (tertiary/aromatic N) is 5. The lowest BCUT2D eigenvalue weighted by atomic mass is 10.0. The Kier molecular flexibility index (Phi) is 4.57. The zero-order valence-electron chi connectivity index (χ0n) is 13.8. The highest BCUT2D eigenvalue weighted by Crippen LogP contribution is 2.15. The second-order valence-electron chi connectivity index (χ2n) is 5.51. The topological polar surface area (TPSA) is 90.7 Å². The van der Waals surface area contributed by atoms with Gasteiger partial charge in [-0.2, -0.15) is 4.52 Å². The van der Waals surface area contributed by atoms with E-state index < -0.39 is 0 Å². The molecule has 0 aliphatic carbocycles. The molecule has 2 aromatic heterocycles. The lowest BCUT2D eigenvalue weighted by Gasteiger charge is -2.07. The van der Waals surface area contributed by atoms with Crippen molar-refractivity contribution in [1.29, 1.82) is 0 Å². The Hall–Kier alpha value is -3.26. The lowest BCUT2D eigenvalue weighted by molar-refractivity contribution is 0.146. The van der Waals surface area contributed by atoms with Gasteiger partial charge in [-0.15, -0.1) is 15.3 Å². The number of fused-ring (bicyclic) bond motifs is 1. The van der Waals surface area contributed by atoms with Gasteiger partial charge in [0.2, 0.25) is 10.1 Å². The summed E-state index contributed by atoms with van der Waals surface area (Å²) >= 11 is 1.30. The Morgan fingerprint density at radius 2 is 1.65 bits per heavy atom. The van der Waals surface area contributed by atoms with Crippen molar-refractivity contribution in [2.75, 3.05) is 12.3 Å². The van der Waals surface area contributed by atoms with Crippen molar-refractivity contribution in [3.8, 4) is 0 Å².